The van der Waals surface area contributed by atoms with Crippen molar-refractivity contribution in [2.24, 2.45) is 0 Å². The van der Waals surface area contributed by atoms with Gasteiger partial charge in [0.2, 0.25) is 5.91 Å². The first-order valence-electron chi connectivity index (χ1n) is 7.10. The minimum atomic E-state index is -0.351. The average molecular weight is 313 g/mol. The van der Waals surface area contributed by atoms with Gasteiger partial charge >= 0.3 is 0 Å². The molecule has 118 valence electrons. The lowest BCUT2D eigenvalue weighted by Gasteiger charge is -2.19. The number of carbonyl (C=O) groups is 2. The molecule has 0 aliphatic carbocycles. The van der Waals surface area contributed by atoms with Crippen LogP contribution >= 0.6 is 0 Å². The van der Waals surface area contributed by atoms with E-state index in [0.29, 0.717) is 36.0 Å². The molecule has 0 unspecified atom stereocenters. The highest BCUT2D eigenvalue weighted by molar-refractivity contribution is 5.99. The predicted molar refractivity (Wildman–Crippen MR) is 82.6 cm³/mol. The number of nitrogens with one attached hydrogen (secondary N) is 2. The van der Waals surface area contributed by atoms with Crippen molar-refractivity contribution in [3.63, 3.8) is 0 Å². The smallest absolute Gasteiger partial charge is 0.253 e. The number of aromatic nitrogens is 1. The molecule has 1 aliphatic heterocycles. The summed E-state index contributed by atoms with van der Waals surface area (Å²) < 4.78 is 10.9. The number of amides is 2. The van der Waals surface area contributed by atoms with Gasteiger partial charge in [-0.05, 0) is 24.3 Å². The van der Waals surface area contributed by atoms with Gasteiger partial charge in [0, 0.05) is 24.1 Å². The van der Waals surface area contributed by atoms with Crippen molar-refractivity contribution in [2.75, 3.05) is 25.1 Å². The fraction of sp³-hybridized carbons (Fsp3) is 0.188. The van der Waals surface area contributed by atoms with Crippen molar-refractivity contribution in [3.8, 4) is 11.5 Å². The van der Waals surface area contributed by atoms with Crippen LogP contribution in [0.15, 0.2) is 42.7 Å². The number of pyridine rings is 1. The van der Waals surface area contributed by atoms with Crippen molar-refractivity contribution in [3.05, 3.63) is 48.3 Å². The normalized spacial score (nSPS) is 12.3. The maximum atomic E-state index is 11.9. The third-order valence-corrected chi connectivity index (χ3v) is 3.16. The summed E-state index contributed by atoms with van der Waals surface area (Å²) in [6, 6.07) is 8.42. The van der Waals surface area contributed by atoms with Crippen molar-refractivity contribution in [1.29, 1.82) is 0 Å². The van der Waals surface area contributed by atoms with Crippen LogP contribution in [-0.2, 0) is 4.79 Å². The van der Waals surface area contributed by atoms with E-state index >= 15 is 0 Å². The van der Waals surface area contributed by atoms with Crippen LogP contribution in [0, 0.1) is 0 Å². The standard InChI is InChI=1S/C16H15N3O4/c20-15(10-18-16(21)11-2-1-5-17-9-11)19-12-3-4-13-14(8-12)23-7-6-22-13/h1-5,8-9H,6-7,10H2,(H,18,21)(H,19,20). The second-order valence-electron chi connectivity index (χ2n) is 4.83. The fourth-order valence-electron chi connectivity index (χ4n) is 2.09. The molecule has 2 aromatic rings. The monoisotopic (exact) mass is 313 g/mol. The van der Waals surface area contributed by atoms with Crippen molar-refractivity contribution in [1.82, 2.24) is 10.3 Å². The Balaban J connectivity index is 1.54. The van der Waals surface area contributed by atoms with Gasteiger partial charge in [-0.1, -0.05) is 0 Å². The molecule has 1 aromatic carbocycles. The Kier molecular flexibility index (Phi) is 4.37. The molecule has 1 aromatic heterocycles. The zero-order valence-corrected chi connectivity index (χ0v) is 12.2. The lowest BCUT2D eigenvalue weighted by atomic mass is 10.2. The van der Waals surface area contributed by atoms with E-state index in [0.717, 1.165) is 0 Å². The first kappa shape index (κ1) is 14.8. The minimum absolute atomic E-state index is 0.137. The largest absolute Gasteiger partial charge is 0.486 e. The summed E-state index contributed by atoms with van der Waals surface area (Å²) in [6.45, 7) is 0.854. The van der Waals surface area contributed by atoms with Gasteiger partial charge in [0.05, 0.1) is 12.1 Å². The van der Waals surface area contributed by atoms with Gasteiger partial charge in [0.25, 0.3) is 5.91 Å². The first-order valence-corrected chi connectivity index (χ1v) is 7.10. The van der Waals surface area contributed by atoms with Crippen LogP contribution in [0.2, 0.25) is 0 Å². The number of carbonyl (C=O) groups excluding carboxylic acids is 2. The summed E-state index contributed by atoms with van der Waals surface area (Å²) in [5.74, 6) is 0.557. The summed E-state index contributed by atoms with van der Waals surface area (Å²) in [4.78, 5) is 27.6. The number of hydrogen-bond donors (Lipinski definition) is 2. The van der Waals surface area contributed by atoms with Crippen LogP contribution in [0.5, 0.6) is 11.5 Å². The summed E-state index contributed by atoms with van der Waals surface area (Å²) in [5.41, 5.74) is 0.981. The molecule has 2 N–H and O–H groups in total. The number of rotatable bonds is 4. The molecule has 0 saturated heterocycles. The first-order chi connectivity index (χ1) is 11.2. The number of anilines is 1. The van der Waals surface area contributed by atoms with E-state index in [2.05, 4.69) is 15.6 Å². The molecule has 3 rings (SSSR count). The number of hydrogen-bond acceptors (Lipinski definition) is 5. The third-order valence-electron chi connectivity index (χ3n) is 3.16. The molecular weight excluding hydrogens is 298 g/mol. The highest BCUT2D eigenvalue weighted by Gasteiger charge is 2.13. The quantitative estimate of drug-likeness (QED) is 0.886. The molecule has 0 fully saturated rings. The van der Waals surface area contributed by atoms with Crippen molar-refractivity contribution < 1.29 is 19.1 Å². The van der Waals surface area contributed by atoms with E-state index in [1.807, 2.05) is 0 Å². The van der Waals surface area contributed by atoms with E-state index in [4.69, 9.17) is 9.47 Å². The van der Waals surface area contributed by atoms with Gasteiger partial charge in [-0.3, -0.25) is 14.6 Å². The number of nitrogens with zero attached hydrogens (tertiary/aromatic N) is 1. The molecule has 7 heteroatoms. The van der Waals surface area contributed by atoms with Gasteiger partial charge in [0.1, 0.15) is 13.2 Å². The Morgan fingerprint density at radius 3 is 2.74 bits per heavy atom. The van der Waals surface area contributed by atoms with Gasteiger partial charge in [-0.2, -0.15) is 0 Å². The lowest BCUT2D eigenvalue weighted by molar-refractivity contribution is -0.115. The molecule has 0 saturated carbocycles. The second-order valence-corrected chi connectivity index (χ2v) is 4.83. The van der Waals surface area contributed by atoms with Gasteiger partial charge in [-0.25, -0.2) is 0 Å². The van der Waals surface area contributed by atoms with E-state index in [1.54, 1.807) is 36.5 Å². The van der Waals surface area contributed by atoms with Crippen LogP contribution in [0.25, 0.3) is 0 Å². The second kappa shape index (κ2) is 6.78. The van der Waals surface area contributed by atoms with Crippen LogP contribution in [0.3, 0.4) is 0 Å². The molecule has 1 aliphatic rings. The Morgan fingerprint density at radius 2 is 1.96 bits per heavy atom. The molecule has 0 atom stereocenters. The summed E-state index contributed by atoms with van der Waals surface area (Å²) in [7, 11) is 0. The minimum Gasteiger partial charge on any atom is -0.486 e. The van der Waals surface area contributed by atoms with E-state index < -0.39 is 0 Å². The highest BCUT2D eigenvalue weighted by Crippen LogP contribution is 2.32. The third kappa shape index (κ3) is 3.76. The SMILES string of the molecule is O=C(CNC(=O)c1cccnc1)Nc1ccc2c(c1)OCCO2. The van der Waals surface area contributed by atoms with Crippen LogP contribution in [-0.4, -0.2) is 36.6 Å². The molecular formula is C16H15N3O4. The Bertz CT molecular complexity index is 719. The molecule has 0 radical (unpaired) electrons. The molecule has 2 heterocycles. The number of ether oxygens (including phenoxy) is 2. The zero-order valence-electron chi connectivity index (χ0n) is 12.2. The van der Waals surface area contributed by atoms with Crippen molar-refractivity contribution in [2.45, 2.75) is 0 Å². The lowest BCUT2D eigenvalue weighted by Crippen LogP contribution is -2.32. The molecule has 0 bridgehead atoms. The van der Waals surface area contributed by atoms with E-state index in [1.165, 1.54) is 6.20 Å². The molecule has 7 nitrogen and oxygen atoms in total. The van der Waals surface area contributed by atoms with Gasteiger partial charge in [-0.15, -0.1) is 0 Å². The number of benzene rings is 1. The maximum Gasteiger partial charge on any atom is 0.253 e. The summed E-state index contributed by atoms with van der Waals surface area (Å²) in [5, 5.41) is 5.23. The molecule has 2 amide bonds. The molecule has 0 spiro atoms. The Morgan fingerprint density at radius 1 is 1.13 bits per heavy atom. The highest BCUT2D eigenvalue weighted by atomic mass is 16.6. The average Bonchev–Trinajstić information content (AvgIpc) is 2.60. The van der Waals surface area contributed by atoms with Crippen LogP contribution in [0.4, 0.5) is 5.69 Å². The summed E-state index contributed by atoms with van der Waals surface area (Å²) >= 11 is 0. The Labute approximate surface area is 132 Å². The van der Waals surface area contributed by atoms with Crippen molar-refractivity contribution >= 4 is 17.5 Å². The Hall–Kier alpha value is -3.09. The summed E-state index contributed by atoms with van der Waals surface area (Å²) in [6.07, 6.45) is 3.01. The van der Waals surface area contributed by atoms with E-state index in [9.17, 15) is 9.59 Å². The maximum absolute atomic E-state index is 11.9. The van der Waals surface area contributed by atoms with Gasteiger partial charge in [0.15, 0.2) is 11.5 Å². The molecule has 23 heavy (non-hydrogen) atoms. The topological polar surface area (TPSA) is 89.6 Å². The van der Waals surface area contributed by atoms with Crippen LogP contribution < -0.4 is 20.1 Å². The van der Waals surface area contributed by atoms with Crippen LogP contribution in [0.1, 0.15) is 10.4 Å². The van der Waals surface area contributed by atoms with E-state index in [-0.39, 0.29) is 18.4 Å². The number of fused-ring (bicyclic) bond motifs is 1. The fourth-order valence-corrected chi connectivity index (χ4v) is 2.09. The zero-order chi connectivity index (χ0) is 16.1. The predicted octanol–water partition coefficient (Wildman–Crippen LogP) is 1.22. The van der Waals surface area contributed by atoms with Gasteiger partial charge < -0.3 is 20.1 Å².